The summed E-state index contributed by atoms with van der Waals surface area (Å²) in [6, 6.07) is 21.1. The Morgan fingerprint density at radius 1 is 0.903 bits per heavy atom. The number of hydrogen-bond acceptors (Lipinski definition) is 3. The molecule has 7 heteroatoms. The Morgan fingerprint density at radius 3 is 2.52 bits per heavy atom. The van der Waals surface area contributed by atoms with Crippen LogP contribution in [-0.4, -0.2) is 10.9 Å². The molecular formula is C24H18F3N3O. The van der Waals surface area contributed by atoms with Crippen LogP contribution in [0.15, 0.2) is 85.1 Å². The Balaban J connectivity index is 1.54. The third-order valence-corrected chi connectivity index (χ3v) is 4.83. The molecule has 31 heavy (non-hydrogen) atoms. The summed E-state index contributed by atoms with van der Waals surface area (Å²) in [5.41, 5.74) is 2.05. The first-order valence-corrected chi connectivity index (χ1v) is 9.56. The summed E-state index contributed by atoms with van der Waals surface area (Å²) in [5, 5.41) is 6.81. The van der Waals surface area contributed by atoms with Gasteiger partial charge in [-0.05, 0) is 48.0 Å². The summed E-state index contributed by atoms with van der Waals surface area (Å²) in [5.74, 6) is -0.498. The monoisotopic (exact) mass is 421 g/mol. The molecule has 0 spiro atoms. The number of aromatic nitrogens is 1. The van der Waals surface area contributed by atoms with Crippen molar-refractivity contribution in [3.05, 3.63) is 102 Å². The van der Waals surface area contributed by atoms with Crippen molar-refractivity contribution in [2.75, 3.05) is 10.6 Å². The molecule has 0 saturated carbocycles. The number of halogens is 3. The molecule has 4 nitrogen and oxygen atoms in total. The van der Waals surface area contributed by atoms with Crippen molar-refractivity contribution >= 4 is 28.2 Å². The number of alkyl halides is 3. The van der Waals surface area contributed by atoms with Gasteiger partial charge < -0.3 is 10.6 Å². The Hall–Kier alpha value is -3.87. The smallest absolute Gasteiger partial charge is 0.380 e. The minimum Gasteiger partial charge on any atom is -0.380 e. The Morgan fingerprint density at radius 2 is 1.68 bits per heavy atom. The van der Waals surface area contributed by atoms with Gasteiger partial charge in [-0.2, -0.15) is 13.2 Å². The molecule has 0 aliphatic carbocycles. The number of para-hydroxylation sites is 2. The zero-order valence-electron chi connectivity index (χ0n) is 16.3. The summed E-state index contributed by atoms with van der Waals surface area (Å²) in [6.45, 7) is 0.455. The van der Waals surface area contributed by atoms with Crippen molar-refractivity contribution in [1.29, 1.82) is 0 Å². The van der Waals surface area contributed by atoms with Crippen LogP contribution in [0.25, 0.3) is 10.9 Å². The maximum atomic E-state index is 12.9. The van der Waals surface area contributed by atoms with E-state index in [2.05, 4.69) is 15.6 Å². The van der Waals surface area contributed by atoms with E-state index < -0.39 is 17.6 Å². The van der Waals surface area contributed by atoms with Crippen LogP contribution in [0.1, 0.15) is 21.5 Å². The van der Waals surface area contributed by atoms with Gasteiger partial charge in [-0.3, -0.25) is 9.78 Å². The maximum Gasteiger partial charge on any atom is 0.416 e. The molecule has 4 aromatic rings. The van der Waals surface area contributed by atoms with Crippen molar-refractivity contribution in [1.82, 2.24) is 4.98 Å². The van der Waals surface area contributed by atoms with Crippen molar-refractivity contribution in [3.63, 3.8) is 0 Å². The zero-order valence-corrected chi connectivity index (χ0v) is 16.3. The van der Waals surface area contributed by atoms with Gasteiger partial charge in [-0.25, -0.2) is 0 Å². The largest absolute Gasteiger partial charge is 0.416 e. The average molecular weight is 421 g/mol. The van der Waals surface area contributed by atoms with Crippen LogP contribution < -0.4 is 10.6 Å². The number of hydrogen-bond donors (Lipinski definition) is 2. The number of nitrogens with zero attached hydrogens (tertiary/aromatic N) is 1. The van der Waals surface area contributed by atoms with Gasteiger partial charge in [0.2, 0.25) is 0 Å². The number of anilines is 2. The zero-order chi connectivity index (χ0) is 21.8. The number of benzene rings is 3. The van der Waals surface area contributed by atoms with E-state index in [4.69, 9.17) is 0 Å². The van der Waals surface area contributed by atoms with Gasteiger partial charge in [0.1, 0.15) is 0 Å². The van der Waals surface area contributed by atoms with E-state index in [0.29, 0.717) is 17.8 Å². The number of rotatable bonds is 5. The van der Waals surface area contributed by atoms with E-state index in [1.54, 1.807) is 30.5 Å². The third-order valence-electron chi connectivity index (χ3n) is 4.83. The van der Waals surface area contributed by atoms with Crippen LogP contribution >= 0.6 is 0 Å². The van der Waals surface area contributed by atoms with Crippen LogP contribution in [0, 0.1) is 0 Å². The second-order valence-electron chi connectivity index (χ2n) is 6.92. The van der Waals surface area contributed by atoms with E-state index in [1.807, 2.05) is 30.3 Å². The minimum atomic E-state index is -4.48. The standard InChI is InChI=1S/C24H18F3N3O/c25-24(26,27)17-6-5-7-18(14-17)30-23(31)20-9-2-4-11-22(20)29-15-16-12-13-28-21-10-3-1-8-19(16)21/h1-14,29H,15H2,(H,30,31). The fraction of sp³-hybridized carbons (Fsp3) is 0.0833. The lowest BCUT2D eigenvalue weighted by atomic mass is 10.1. The van der Waals surface area contributed by atoms with E-state index in [1.165, 1.54) is 12.1 Å². The lowest BCUT2D eigenvalue weighted by molar-refractivity contribution is -0.137. The fourth-order valence-electron chi connectivity index (χ4n) is 3.31. The molecule has 1 amide bonds. The summed E-state index contributed by atoms with van der Waals surface area (Å²) < 4.78 is 38.8. The number of fused-ring (bicyclic) bond motifs is 1. The molecule has 156 valence electrons. The molecule has 0 aliphatic rings. The molecule has 4 rings (SSSR count). The van der Waals surface area contributed by atoms with Crippen molar-refractivity contribution in [2.24, 2.45) is 0 Å². The van der Waals surface area contributed by atoms with E-state index in [-0.39, 0.29) is 5.69 Å². The number of carbonyl (C=O) groups is 1. The molecule has 0 saturated heterocycles. The van der Waals surface area contributed by atoms with E-state index >= 15 is 0 Å². The SMILES string of the molecule is O=C(Nc1cccc(C(F)(F)F)c1)c1ccccc1NCc1ccnc2ccccc12. The Labute approximate surface area is 176 Å². The second-order valence-corrected chi connectivity index (χ2v) is 6.92. The van der Waals surface area contributed by atoms with Crippen molar-refractivity contribution in [3.8, 4) is 0 Å². The molecule has 1 heterocycles. The normalized spacial score (nSPS) is 11.3. The quantitative estimate of drug-likeness (QED) is 0.408. The maximum absolute atomic E-state index is 12.9. The van der Waals surface area contributed by atoms with Gasteiger partial charge >= 0.3 is 6.18 Å². The Bertz CT molecular complexity index is 1230. The summed E-state index contributed by atoms with van der Waals surface area (Å²) >= 11 is 0. The topological polar surface area (TPSA) is 54.0 Å². The molecule has 1 aromatic heterocycles. The van der Waals surface area contributed by atoms with E-state index in [9.17, 15) is 18.0 Å². The fourth-order valence-corrected chi connectivity index (χ4v) is 3.31. The highest BCUT2D eigenvalue weighted by molar-refractivity contribution is 6.08. The minimum absolute atomic E-state index is 0.0785. The number of pyridine rings is 1. The molecule has 0 aliphatic heterocycles. The third kappa shape index (κ3) is 4.66. The molecule has 3 aromatic carbocycles. The number of amides is 1. The van der Waals surface area contributed by atoms with Gasteiger partial charge in [0.25, 0.3) is 5.91 Å². The van der Waals surface area contributed by atoms with E-state index in [0.717, 1.165) is 28.6 Å². The number of carbonyl (C=O) groups excluding carboxylic acids is 1. The predicted octanol–water partition coefficient (Wildman–Crippen LogP) is 6.12. The highest BCUT2D eigenvalue weighted by atomic mass is 19.4. The summed E-state index contributed by atoms with van der Waals surface area (Å²) in [4.78, 5) is 17.1. The first-order chi connectivity index (χ1) is 14.9. The average Bonchev–Trinajstić information content (AvgIpc) is 2.77. The van der Waals surface area contributed by atoms with Crippen LogP contribution in [0.2, 0.25) is 0 Å². The molecule has 0 unspecified atom stereocenters. The van der Waals surface area contributed by atoms with Crippen LogP contribution in [-0.2, 0) is 12.7 Å². The summed E-state index contributed by atoms with van der Waals surface area (Å²) in [7, 11) is 0. The molecule has 0 fully saturated rings. The summed E-state index contributed by atoms with van der Waals surface area (Å²) in [6.07, 6.45) is -2.75. The molecule has 0 radical (unpaired) electrons. The lowest BCUT2D eigenvalue weighted by Gasteiger charge is -2.14. The van der Waals surface area contributed by atoms with Gasteiger partial charge in [-0.1, -0.05) is 36.4 Å². The van der Waals surface area contributed by atoms with Crippen molar-refractivity contribution in [2.45, 2.75) is 12.7 Å². The first-order valence-electron chi connectivity index (χ1n) is 9.56. The second kappa shape index (κ2) is 8.47. The van der Waals surface area contributed by atoms with Crippen molar-refractivity contribution < 1.29 is 18.0 Å². The number of nitrogens with one attached hydrogen (secondary N) is 2. The van der Waals surface area contributed by atoms with Crippen LogP contribution in [0.5, 0.6) is 0 Å². The Kier molecular flexibility index (Phi) is 5.58. The van der Waals surface area contributed by atoms with Crippen LogP contribution in [0.3, 0.4) is 0 Å². The van der Waals surface area contributed by atoms with Gasteiger partial charge in [0.05, 0.1) is 16.6 Å². The molecule has 2 N–H and O–H groups in total. The highest BCUT2D eigenvalue weighted by Gasteiger charge is 2.30. The first kappa shape index (κ1) is 20.4. The van der Waals surface area contributed by atoms with Crippen LogP contribution in [0.4, 0.5) is 24.5 Å². The molecule has 0 atom stereocenters. The molecular weight excluding hydrogens is 403 g/mol. The lowest BCUT2D eigenvalue weighted by Crippen LogP contribution is -2.15. The van der Waals surface area contributed by atoms with Gasteiger partial charge in [-0.15, -0.1) is 0 Å². The highest BCUT2D eigenvalue weighted by Crippen LogP contribution is 2.31. The van der Waals surface area contributed by atoms with Gasteiger partial charge in [0, 0.05) is 29.5 Å². The van der Waals surface area contributed by atoms with Gasteiger partial charge in [0.15, 0.2) is 0 Å². The predicted molar refractivity (Wildman–Crippen MR) is 115 cm³/mol. The molecule has 0 bridgehead atoms.